The Kier molecular flexibility index (Phi) is 3.63. The highest BCUT2D eigenvalue weighted by Gasteiger charge is 2.62. The molecule has 0 aliphatic carbocycles. The van der Waals surface area contributed by atoms with E-state index in [1.807, 2.05) is 22.8 Å². The Balaban J connectivity index is 1.69. The average Bonchev–Trinajstić information content (AvgIpc) is 3.06. The summed E-state index contributed by atoms with van der Waals surface area (Å²) in [7, 11) is 0. The molecule has 3 aliphatic heterocycles. The third kappa shape index (κ3) is 2.25. The molecule has 128 valence electrons. The first-order valence-corrected chi connectivity index (χ1v) is 8.15. The Labute approximate surface area is 143 Å². The van der Waals surface area contributed by atoms with Gasteiger partial charge in [-0.15, -0.1) is 0 Å². The minimum atomic E-state index is -0.816. The van der Waals surface area contributed by atoms with Crippen LogP contribution in [-0.4, -0.2) is 57.8 Å². The third-order valence-corrected chi connectivity index (χ3v) is 4.99. The van der Waals surface area contributed by atoms with Crippen molar-refractivity contribution in [1.29, 1.82) is 0 Å². The number of halogens is 1. The van der Waals surface area contributed by atoms with Crippen LogP contribution in [0.2, 0.25) is 5.15 Å². The van der Waals surface area contributed by atoms with Crippen LogP contribution in [0.5, 0.6) is 0 Å². The molecule has 2 unspecified atom stereocenters. The van der Waals surface area contributed by atoms with Crippen LogP contribution in [-0.2, 0) is 16.0 Å². The Morgan fingerprint density at radius 2 is 2.29 bits per heavy atom. The van der Waals surface area contributed by atoms with Gasteiger partial charge in [0.2, 0.25) is 0 Å². The second-order valence-corrected chi connectivity index (χ2v) is 6.57. The first-order chi connectivity index (χ1) is 11.5. The highest BCUT2D eigenvalue weighted by atomic mass is 35.5. The number of pyridine rings is 1. The number of fused-ring (bicyclic) bond motifs is 3. The summed E-state index contributed by atoms with van der Waals surface area (Å²) in [5.41, 5.74) is 0.207. The molecule has 0 radical (unpaired) electrons. The number of nitrogens with zero attached hydrogens (tertiary/aromatic N) is 4. The van der Waals surface area contributed by atoms with Gasteiger partial charge < -0.3 is 19.3 Å². The number of aromatic nitrogens is 1. The van der Waals surface area contributed by atoms with Crippen molar-refractivity contribution in [2.24, 2.45) is 0 Å². The summed E-state index contributed by atoms with van der Waals surface area (Å²) < 4.78 is 11.6. The number of ether oxygens (including phenoxy) is 2. The summed E-state index contributed by atoms with van der Waals surface area (Å²) in [6, 6.07) is 3.59. The molecule has 0 spiro atoms. The van der Waals surface area contributed by atoms with Crippen LogP contribution in [0, 0.1) is 10.1 Å². The van der Waals surface area contributed by atoms with E-state index >= 15 is 0 Å². The van der Waals surface area contributed by atoms with E-state index in [0.717, 1.165) is 5.56 Å². The van der Waals surface area contributed by atoms with Crippen molar-refractivity contribution >= 4 is 11.6 Å². The minimum Gasteiger partial charge on any atom is -0.360 e. The molecule has 0 saturated carbocycles. The lowest BCUT2D eigenvalue weighted by molar-refractivity contribution is -0.444. The van der Waals surface area contributed by atoms with E-state index < -0.39 is 11.8 Å². The van der Waals surface area contributed by atoms with Crippen LogP contribution >= 0.6 is 11.6 Å². The lowest BCUT2D eigenvalue weighted by Crippen LogP contribution is -2.55. The molecular formula is C15H17ClN4O4. The summed E-state index contributed by atoms with van der Waals surface area (Å²) in [5.74, 6) is 0.587. The van der Waals surface area contributed by atoms with Crippen molar-refractivity contribution < 1.29 is 14.4 Å². The molecule has 3 aliphatic rings. The van der Waals surface area contributed by atoms with E-state index in [-0.39, 0.29) is 10.6 Å². The Hall–Kier alpha value is -1.90. The lowest BCUT2D eigenvalue weighted by atomic mass is 10.1. The predicted octanol–water partition coefficient (Wildman–Crippen LogP) is 1.44. The summed E-state index contributed by atoms with van der Waals surface area (Å²) in [5, 5.41) is 12.1. The smallest absolute Gasteiger partial charge is 0.319 e. The molecule has 2 fully saturated rings. The zero-order valence-electron chi connectivity index (χ0n) is 13.1. The fourth-order valence-electron chi connectivity index (χ4n) is 3.70. The molecule has 1 aromatic heterocycles. The highest BCUT2D eigenvalue weighted by Crippen LogP contribution is 2.45. The Morgan fingerprint density at radius 3 is 3.00 bits per heavy atom. The first-order valence-electron chi connectivity index (χ1n) is 7.78. The normalized spacial score (nSPS) is 29.0. The SMILES string of the molecule is CC12OCCOC1C([N+](=O)[O-])=C1N(Cc3ccc(Cl)nc3)CCN12. The molecule has 9 heteroatoms. The van der Waals surface area contributed by atoms with Gasteiger partial charge in [0, 0.05) is 25.8 Å². The summed E-state index contributed by atoms with van der Waals surface area (Å²) in [6.07, 6.45) is 1.01. The van der Waals surface area contributed by atoms with Gasteiger partial charge >= 0.3 is 5.70 Å². The molecule has 8 nitrogen and oxygen atoms in total. The average molecular weight is 353 g/mol. The molecule has 0 aromatic carbocycles. The van der Waals surface area contributed by atoms with Gasteiger partial charge in [0.15, 0.2) is 17.6 Å². The topological polar surface area (TPSA) is 81.0 Å². The van der Waals surface area contributed by atoms with Gasteiger partial charge in [-0.3, -0.25) is 10.1 Å². The molecule has 2 saturated heterocycles. The molecule has 2 atom stereocenters. The number of hydrogen-bond donors (Lipinski definition) is 0. The predicted molar refractivity (Wildman–Crippen MR) is 84.5 cm³/mol. The highest BCUT2D eigenvalue weighted by molar-refractivity contribution is 6.29. The lowest BCUT2D eigenvalue weighted by Gasteiger charge is -2.40. The van der Waals surface area contributed by atoms with Gasteiger partial charge in [-0.05, 0) is 18.6 Å². The van der Waals surface area contributed by atoms with Crippen LogP contribution < -0.4 is 0 Å². The van der Waals surface area contributed by atoms with Crippen LogP contribution in [0.25, 0.3) is 0 Å². The third-order valence-electron chi connectivity index (χ3n) is 4.77. The minimum absolute atomic E-state index is 0.0802. The van der Waals surface area contributed by atoms with E-state index in [4.69, 9.17) is 21.1 Å². The zero-order chi connectivity index (χ0) is 16.9. The van der Waals surface area contributed by atoms with E-state index in [2.05, 4.69) is 4.98 Å². The molecule has 1 aromatic rings. The molecule has 4 heterocycles. The van der Waals surface area contributed by atoms with Gasteiger partial charge in [0.05, 0.1) is 18.1 Å². The molecule has 24 heavy (non-hydrogen) atoms. The van der Waals surface area contributed by atoms with E-state index in [1.54, 1.807) is 12.3 Å². The number of rotatable bonds is 3. The maximum atomic E-state index is 11.7. The molecular weight excluding hydrogens is 336 g/mol. The molecule has 4 rings (SSSR count). The fraction of sp³-hybridized carbons (Fsp3) is 0.533. The van der Waals surface area contributed by atoms with Crippen molar-refractivity contribution in [3.63, 3.8) is 0 Å². The van der Waals surface area contributed by atoms with E-state index in [0.29, 0.717) is 43.8 Å². The van der Waals surface area contributed by atoms with Gasteiger partial charge in [-0.2, -0.15) is 0 Å². The number of hydrogen-bond acceptors (Lipinski definition) is 7. The van der Waals surface area contributed by atoms with Gasteiger partial charge in [-0.25, -0.2) is 4.98 Å². The van der Waals surface area contributed by atoms with Crippen LogP contribution in [0.3, 0.4) is 0 Å². The summed E-state index contributed by atoms with van der Waals surface area (Å²) in [6.45, 7) is 4.52. The molecule has 0 amide bonds. The second-order valence-electron chi connectivity index (χ2n) is 6.18. The van der Waals surface area contributed by atoms with Crippen molar-refractivity contribution in [1.82, 2.24) is 14.8 Å². The maximum absolute atomic E-state index is 11.7. The quantitative estimate of drug-likeness (QED) is 0.462. The Bertz CT molecular complexity index is 710. The molecule has 0 N–H and O–H groups in total. The van der Waals surface area contributed by atoms with E-state index in [9.17, 15) is 10.1 Å². The summed E-state index contributed by atoms with van der Waals surface area (Å²) in [4.78, 5) is 19.4. The van der Waals surface area contributed by atoms with Crippen LogP contribution in [0.15, 0.2) is 29.8 Å². The van der Waals surface area contributed by atoms with Crippen molar-refractivity contribution in [3.05, 3.63) is 50.7 Å². The van der Waals surface area contributed by atoms with Gasteiger partial charge in [0.25, 0.3) is 0 Å². The summed E-state index contributed by atoms with van der Waals surface area (Å²) >= 11 is 5.82. The van der Waals surface area contributed by atoms with Crippen LogP contribution in [0.1, 0.15) is 12.5 Å². The largest absolute Gasteiger partial charge is 0.360 e. The maximum Gasteiger partial charge on any atom is 0.319 e. The molecule has 0 bridgehead atoms. The standard InChI is InChI=1S/C15H17ClN4O4/c1-15-13(23-6-7-24-15)12(20(21)22)14-18(4-5-19(14)15)9-10-2-3-11(16)17-8-10/h2-3,8,13H,4-7,9H2,1H3. The Morgan fingerprint density at radius 1 is 1.46 bits per heavy atom. The fourth-order valence-corrected chi connectivity index (χ4v) is 3.81. The van der Waals surface area contributed by atoms with E-state index in [1.165, 1.54) is 0 Å². The van der Waals surface area contributed by atoms with Crippen LogP contribution in [0.4, 0.5) is 0 Å². The van der Waals surface area contributed by atoms with Crippen molar-refractivity contribution in [2.75, 3.05) is 26.3 Å². The zero-order valence-corrected chi connectivity index (χ0v) is 13.9. The van der Waals surface area contributed by atoms with Gasteiger partial charge in [0.1, 0.15) is 5.15 Å². The van der Waals surface area contributed by atoms with Crippen molar-refractivity contribution in [3.8, 4) is 0 Å². The van der Waals surface area contributed by atoms with Gasteiger partial charge in [-0.1, -0.05) is 17.7 Å². The monoisotopic (exact) mass is 352 g/mol. The first kappa shape index (κ1) is 15.6. The second kappa shape index (κ2) is 5.58. The number of nitro groups is 1. The van der Waals surface area contributed by atoms with Crippen molar-refractivity contribution in [2.45, 2.75) is 25.3 Å².